The second-order valence-electron chi connectivity index (χ2n) is 11.9. The molecule has 2 unspecified atom stereocenters. The molecule has 0 saturated heterocycles. The van der Waals surface area contributed by atoms with E-state index in [1.54, 1.807) is 28.1 Å². The molecule has 0 fully saturated rings. The van der Waals surface area contributed by atoms with Crippen molar-refractivity contribution in [2.24, 2.45) is 34.8 Å². The molecule has 1 aromatic carbocycles. The number of primary amides is 1. The SMILES string of the molecule is COCCCOc1cc2c(cc1OC)CC(C)C(CC[C@@H](O)C[C@H](C(=O)NCC(C)(C)C(N)=O)C(C)C)C2. The van der Waals surface area contributed by atoms with Gasteiger partial charge in [0.2, 0.25) is 11.8 Å². The molecule has 2 rings (SSSR count). The third-order valence-corrected chi connectivity index (χ3v) is 7.97. The number of amides is 2. The quantitative estimate of drug-likeness (QED) is 0.277. The molecule has 0 aromatic heterocycles. The van der Waals surface area contributed by atoms with Gasteiger partial charge in [0.25, 0.3) is 0 Å². The molecule has 8 heteroatoms. The maximum atomic E-state index is 12.9. The lowest BCUT2D eigenvalue weighted by molar-refractivity contribution is -0.130. The summed E-state index contributed by atoms with van der Waals surface area (Å²) < 4.78 is 16.7. The van der Waals surface area contributed by atoms with E-state index in [4.69, 9.17) is 19.9 Å². The Hall–Kier alpha value is -2.32. The van der Waals surface area contributed by atoms with Gasteiger partial charge in [-0.05, 0) is 87.0 Å². The van der Waals surface area contributed by atoms with Crippen molar-refractivity contribution in [1.29, 1.82) is 0 Å². The second-order valence-corrected chi connectivity index (χ2v) is 11.9. The monoisotopic (exact) mass is 534 g/mol. The number of hydrogen-bond donors (Lipinski definition) is 3. The molecule has 4 atom stereocenters. The Morgan fingerprint density at radius 2 is 1.79 bits per heavy atom. The first-order valence-electron chi connectivity index (χ1n) is 14.0. The summed E-state index contributed by atoms with van der Waals surface area (Å²) in [6.45, 7) is 11.1. The van der Waals surface area contributed by atoms with Crippen molar-refractivity contribution >= 4 is 11.8 Å². The van der Waals surface area contributed by atoms with Crippen LogP contribution in [0.1, 0.15) is 71.4 Å². The van der Waals surface area contributed by atoms with Crippen LogP contribution in [-0.2, 0) is 27.2 Å². The Morgan fingerprint density at radius 1 is 1.13 bits per heavy atom. The van der Waals surface area contributed by atoms with Crippen LogP contribution < -0.4 is 20.5 Å². The Labute approximate surface area is 229 Å². The van der Waals surface area contributed by atoms with Crippen LogP contribution in [-0.4, -0.2) is 57.0 Å². The zero-order valence-electron chi connectivity index (χ0n) is 24.5. The van der Waals surface area contributed by atoms with E-state index in [1.807, 2.05) is 13.8 Å². The number of methoxy groups -OCH3 is 2. The molecule has 1 aliphatic rings. The van der Waals surface area contributed by atoms with Crippen LogP contribution in [0.3, 0.4) is 0 Å². The van der Waals surface area contributed by atoms with Gasteiger partial charge in [0.15, 0.2) is 11.5 Å². The van der Waals surface area contributed by atoms with Crippen LogP contribution in [0.15, 0.2) is 12.1 Å². The van der Waals surface area contributed by atoms with Crippen molar-refractivity contribution < 1.29 is 28.9 Å². The Kier molecular flexibility index (Phi) is 12.4. The first kappa shape index (κ1) is 31.9. The first-order valence-corrected chi connectivity index (χ1v) is 14.0. The second kappa shape index (κ2) is 14.7. The molecule has 0 spiro atoms. The van der Waals surface area contributed by atoms with Crippen molar-refractivity contribution in [3.05, 3.63) is 23.3 Å². The highest BCUT2D eigenvalue weighted by Gasteiger charge is 2.31. The lowest BCUT2D eigenvalue weighted by Crippen LogP contribution is -2.45. The Balaban J connectivity index is 1.97. The molecule has 0 aliphatic heterocycles. The fourth-order valence-electron chi connectivity index (χ4n) is 5.09. The summed E-state index contributed by atoms with van der Waals surface area (Å²) in [5, 5.41) is 13.8. The molecule has 0 heterocycles. The third-order valence-electron chi connectivity index (χ3n) is 7.97. The van der Waals surface area contributed by atoms with Crippen LogP contribution >= 0.6 is 0 Å². The highest BCUT2D eigenvalue weighted by atomic mass is 16.5. The normalized spacial score (nSPS) is 19.0. The van der Waals surface area contributed by atoms with Gasteiger partial charge in [0.1, 0.15) is 0 Å². The number of nitrogens with two attached hydrogens (primary N) is 1. The zero-order chi connectivity index (χ0) is 28.5. The number of benzene rings is 1. The van der Waals surface area contributed by atoms with Crippen molar-refractivity contribution in [3.63, 3.8) is 0 Å². The predicted octanol–water partition coefficient (Wildman–Crippen LogP) is 3.89. The average Bonchev–Trinajstić information content (AvgIpc) is 2.86. The Morgan fingerprint density at radius 3 is 2.39 bits per heavy atom. The van der Waals surface area contributed by atoms with Crippen molar-refractivity contribution in [2.45, 2.75) is 79.2 Å². The van der Waals surface area contributed by atoms with Crippen LogP contribution in [0.2, 0.25) is 0 Å². The number of carbonyl (C=O) groups excluding carboxylic acids is 2. The summed E-state index contributed by atoms with van der Waals surface area (Å²) in [7, 11) is 3.35. The number of hydrogen-bond acceptors (Lipinski definition) is 6. The van der Waals surface area contributed by atoms with Gasteiger partial charge in [-0.3, -0.25) is 9.59 Å². The highest BCUT2D eigenvalue weighted by Crippen LogP contribution is 2.39. The van der Waals surface area contributed by atoms with Gasteiger partial charge in [0, 0.05) is 32.6 Å². The van der Waals surface area contributed by atoms with Crippen LogP contribution in [0, 0.1) is 29.1 Å². The minimum Gasteiger partial charge on any atom is -0.493 e. The van der Waals surface area contributed by atoms with Gasteiger partial charge >= 0.3 is 0 Å². The van der Waals surface area contributed by atoms with E-state index in [0.717, 1.165) is 37.2 Å². The van der Waals surface area contributed by atoms with E-state index >= 15 is 0 Å². The van der Waals surface area contributed by atoms with Crippen molar-refractivity contribution in [1.82, 2.24) is 5.32 Å². The molecule has 38 heavy (non-hydrogen) atoms. The number of aliphatic hydroxyl groups is 1. The number of nitrogens with one attached hydrogen (secondary N) is 1. The summed E-state index contributed by atoms with van der Waals surface area (Å²) in [4.78, 5) is 24.5. The molecule has 0 bridgehead atoms. The molecule has 1 aromatic rings. The summed E-state index contributed by atoms with van der Waals surface area (Å²) >= 11 is 0. The maximum absolute atomic E-state index is 12.9. The van der Waals surface area contributed by atoms with Crippen molar-refractivity contribution in [2.75, 3.05) is 34.0 Å². The van der Waals surface area contributed by atoms with Crippen molar-refractivity contribution in [3.8, 4) is 11.5 Å². The number of carbonyl (C=O) groups is 2. The number of ether oxygens (including phenoxy) is 3. The highest BCUT2D eigenvalue weighted by molar-refractivity contribution is 5.83. The van der Waals surface area contributed by atoms with Gasteiger partial charge in [-0.2, -0.15) is 0 Å². The number of fused-ring (bicyclic) bond motifs is 1. The van der Waals surface area contributed by atoms with Gasteiger partial charge in [-0.15, -0.1) is 0 Å². The molecular formula is C30H50N2O6. The van der Waals surface area contributed by atoms with E-state index in [0.29, 0.717) is 37.9 Å². The topological polar surface area (TPSA) is 120 Å². The lowest BCUT2D eigenvalue weighted by Gasteiger charge is -2.32. The summed E-state index contributed by atoms with van der Waals surface area (Å²) in [5.41, 5.74) is 7.19. The van der Waals surface area contributed by atoms with Gasteiger partial charge in [0.05, 0.1) is 25.2 Å². The standard InChI is InChI=1S/C30H50N2O6/c1-19(2)25(28(34)32-18-30(4,5)29(31)35)17-24(33)10-9-21-14-23-16-27(38-12-8-11-36-6)26(37-7)15-22(23)13-20(21)3/h15-16,19-21,24-25,33H,8-14,17-18H2,1-7H3,(H2,31,35)(H,32,34)/t20?,21?,24-,25+/m1/s1. The molecule has 4 N–H and O–H groups in total. The van der Waals surface area contributed by atoms with Crippen LogP contribution in [0.25, 0.3) is 0 Å². The largest absolute Gasteiger partial charge is 0.493 e. The van der Waals surface area contributed by atoms with Gasteiger partial charge < -0.3 is 30.4 Å². The van der Waals surface area contributed by atoms with Gasteiger partial charge in [-0.1, -0.05) is 20.8 Å². The lowest BCUT2D eigenvalue weighted by atomic mass is 9.74. The zero-order valence-corrected chi connectivity index (χ0v) is 24.5. The van der Waals surface area contributed by atoms with E-state index < -0.39 is 17.4 Å². The fourth-order valence-corrected chi connectivity index (χ4v) is 5.09. The minimum atomic E-state index is -0.817. The van der Waals surface area contributed by atoms with Crippen LogP contribution in [0.5, 0.6) is 11.5 Å². The third kappa shape index (κ3) is 9.16. The van der Waals surface area contributed by atoms with E-state index in [2.05, 4.69) is 24.4 Å². The minimum absolute atomic E-state index is 0.0686. The number of aliphatic hydroxyl groups excluding tert-OH is 1. The molecular weight excluding hydrogens is 484 g/mol. The summed E-state index contributed by atoms with van der Waals surface area (Å²) in [6.07, 6.45) is 4.06. The molecule has 1 aliphatic carbocycles. The van der Waals surface area contributed by atoms with E-state index in [9.17, 15) is 14.7 Å². The summed E-state index contributed by atoms with van der Waals surface area (Å²) in [5.74, 6) is 1.59. The average molecular weight is 535 g/mol. The summed E-state index contributed by atoms with van der Waals surface area (Å²) in [6, 6.07) is 4.22. The molecule has 0 radical (unpaired) electrons. The molecule has 8 nitrogen and oxygen atoms in total. The van der Waals surface area contributed by atoms with Crippen LogP contribution in [0.4, 0.5) is 0 Å². The predicted molar refractivity (Wildman–Crippen MR) is 149 cm³/mol. The first-order chi connectivity index (χ1) is 17.9. The molecule has 0 saturated carbocycles. The maximum Gasteiger partial charge on any atom is 0.224 e. The molecule has 2 amide bonds. The number of rotatable bonds is 16. The molecule has 216 valence electrons. The van der Waals surface area contributed by atoms with Gasteiger partial charge in [-0.25, -0.2) is 0 Å². The smallest absolute Gasteiger partial charge is 0.224 e. The van der Waals surface area contributed by atoms with E-state index in [-0.39, 0.29) is 24.3 Å². The Bertz CT molecular complexity index is 916. The fraction of sp³-hybridized carbons (Fsp3) is 0.733. The van der Waals surface area contributed by atoms with E-state index in [1.165, 1.54) is 11.1 Å².